The van der Waals surface area contributed by atoms with Crippen LogP contribution in [0.1, 0.15) is 5.56 Å². The number of para-hydroxylation sites is 1. The van der Waals surface area contributed by atoms with Gasteiger partial charge in [0.25, 0.3) is 0 Å². The molecule has 3 aromatic rings. The zero-order chi connectivity index (χ0) is 17.2. The van der Waals surface area contributed by atoms with Crippen LogP contribution < -0.4 is 14.1 Å². The first-order valence-corrected chi connectivity index (χ1v) is 9.80. The molecule has 3 nitrogen and oxygen atoms in total. The number of hydrogen-bond acceptors (Lipinski definition) is 3. The molecule has 0 aliphatic carbocycles. The Hall–Kier alpha value is -2.55. The Morgan fingerprint density at radius 3 is 2.44 bits per heavy atom. The molecule has 3 aromatic carbocycles. The van der Waals surface area contributed by atoms with Crippen LogP contribution in [-0.2, 0) is 0 Å². The van der Waals surface area contributed by atoms with Gasteiger partial charge in [-0.3, -0.25) is 0 Å². The molecular formula is C21H18N2OSe. The molecule has 0 N–H and O–H groups in total. The summed E-state index contributed by atoms with van der Waals surface area (Å²) in [7, 11) is 3.79. The summed E-state index contributed by atoms with van der Waals surface area (Å²) in [5.74, 6) is 0.827. The first-order valence-electron chi connectivity index (χ1n) is 8.09. The zero-order valence-corrected chi connectivity index (χ0v) is 15.9. The number of ether oxygens (including phenoxy) is 1. The van der Waals surface area contributed by atoms with Crippen LogP contribution in [0.3, 0.4) is 0 Å². The van der Waals surface area contributed by atoms with E-state index in [9.17, 15) is 0 Å². The Kier molecular flexibility index (Phi) is 4.31. The van der Waals surface area contributed by atoms with Gasteiger partial charge in [0.1, 0.15) is 0 Å². The van der Waals surface area contributed by atoms with Crippen molar-refractivity contribution < 1.29 is 4.74 Å². The summed E-state index contributed by atoms with van der Waals surface area (Å²) < 4.78 is 7.85. The fourth-order valence-corrected chi connectivity index (χ4v) is 4.91. The summed E-state index contributed by atoms with van der Waals surface area (Å²) in [6, 6.07) is 25.1. The van der Waals surface area contributed by atoms with E-state index in [-0.39, 0.29) is 15.0 Å². The van der Waals surface area contributed by atoms with Crippen molar-refractivity contribution >= 4 is 41.1 Å². The van der Waals surface area contributed by atoms with E-state index in [1.165, 1.54) is 15.7 Å². The summed E-state index contributed by atoms with van der Waals surface area (Å²) in [5.41, 5.74) is 4.42. The summed E-state index contributed by atoms with van der Waals surface area (Å²) in [4.78, 5) is 7.27. The molecule has 0 fully saturated rings. The summed E-state index contributed by atoms with van der Waals surface area (Å²) in [5, 5.41) is 0. The van der Waals surface area contributed by atoms with Crippen LogP contribution in [0.4, 0.5) is 17.1 Å². The van der Waals surface area contributed by atoms with Crippen molar-refractivity contribution in [2.24, 2.45) is 4.99 Å². The van der Waals surface area contributed by atoms with Gasteiger partial charge >= 0.3 is 154 Å². The molecule has 0 saturated carbocycles. The number of nitrogens with zero attached hydrogens (tertiary/aromatic N) is 2. The van der Waals surface area contributed by atoms with Crippen LogP contribution in [-0.4, -0.2) is 33.7 Å². The van der Waals surface area contributed by atoms with E-state index in [0.29, 0.717) is 0 Å². The fourth-order valence-electron chi connectivity index (χ4n) is 2.93. The van der Waals surface area contributed by atoms with Gasteiger partial charge in [0.05, 0.1) is 0 Å². The molecule has 4 heteroatoms. The second-order valence-electron chi connectivity index (χ2n) is 5.76. The van der Waals surface area contributed by atoms with Gasteiger partial charge in [-0.25, -0.2) is 0 Å². The second-order valence-corrected chi connectivity index (χ2v) is 7.99. The van der Waals surface area contributed by atoms with Crippen LogP contribution in [0, 0.1) is 0 Å². The summed E-state index contributed by atoms with van der Waals surface area (Å²) in [6.07, 6.45) is 0. The van der Waals surface area contributed by atoms with Gasteiger partial charge in [-0.05, 0) is 0 Å². The van der Waals surface area contributed by atoms with Crippen molar-refractivity contribution in [1.29, 1.82) is 0 Å². The molecule has 25 heavy (non-hydrogen) atoms. The molecule has 124 valence electrons. The maximum absolute atomic E-state index is 5.40. The van der Waals surface area contributed by atoms with Crippen LogP contribution in [0.25, 0.3) is 0 Å². The van der Waals surface area contributed by atoms with Gasteiger partial charge in [0.15, 0.2) is 0 Å². The maximum atomic E-state index is 5.40. The van der Waals surface area contributed by atoms with E-state index in [1.54, 1.807) is 7.11 Å². The van der Waals surface area contributed by atoms with Crippen LogP contribution in [0.2, 0.25) is 0 Å². The molecule has 1 aliphatic heterocycles. The quantitative estimate of drug-likeness (QED) is 0.631. The predicted molar refractivity (Wildman–Crippen MR) is 106 cm³/mol. The summed E-state index contributed by atoms with van der Waals surface area (Å²) >= 11 is 0.128. The van der Waals surface area contributed by atoms with Crippen molar-refractivity contribution in [2.45, 2.75) is 0 Å². The number of methoxy groups -OCH3 is 1. The number of aliphatic imine (C=N–C) groups is 1. The molecule has 0 bridgehead atoms. The minimum absolute atomic E-state index is 0.128. The van der Waals surface area contributed by atoms with Crippen molar-refractivity contribution in [3.8, 4) is 5.75 Å². The van der Waals surface area contributed by atoms with Crippen molar-refractivity contribution in [3.63, 3.8) is 0 Å². The monoisotopic (exact) mass is 394 g/mol. The fraction of sp³-hybridized carbons (Fsp3) is 0.0952. The third-order valence-electron chi connectivity index (χ3n) is 4.22. The molecule has 0 aromatic heterocycles. The Balaban J connectivity index is 1.89. The SMILES string of the molecule is COc1ccc2c(c1)N=C([Se]c1ccccc1)c1ccccc1N2C. The summed E-state index contributed by atoms with van der Waals surface area (Å²) in [6.45, 7) is 0. The first-order chi connectivity index (χ1) is 12.3. The number of anilines is 2. The molecule has 0 saturated heterocycles. The first kappa shape index (κ1) is 15.9. The molecule has 0 atom stereocenters. The normalized spacial score (nSPS) is 12.7. The molecule has 0 amide bonds. The number of rotatable bonds is 3. The standard InChI is InChI=1S/C21H18N2OSe/c1-23-19-11-7-6-10-17(19)21(25-16-8-4-3-5-9-16)22-18-14-15(24-2)12-13-20(18)23/h3-14H,1-2H3. The van der Waals surface area contributed by atoms with E-state index in [1.807, 2.05) is 12.1 Å². The average Bonchev–Trinajstić information content (AvgIpc) is 2.78. The van der Waals surface area contributed by atoms with Gasteiger partial charge in [-0.1, -0.05) is 0 Å². The number of fused-ring (bicyclic) bond motifs is 2. The van der Waals surface area contributed by atoms with Crippen LogP contribution in [0.15, 0.2) is 77.8 Å². The van der Waals surface area contributed by atoms with Gasteiger partial charge in [0, 0.05) is 0 Å². The Bertz CT molecular complexity index is 938. The molecular weight excluding hydrogens is 375 g/mol. The van der Waals surface area contributed by atoms with Gasteiger partial charge in [-0.2, -0.15) is 0 Å². The van der Waals surface area contributed by atoms with E-state index in [2.05, 4.69) is 72.6 Å². The zero-order valence-electron chi connectivity index (χ0n) is 14.1. The molecule has 0 unspecified atom stereocenters. The topological polar surface area (TPSA) is 24.8 Å². The Morgan fingerprint density at radius 2 is 1.64 bits per heavy atom. The van der Waals surface area contributed by atoms with Gasteiger partial charge < -0.3 is 0 Å². The number of hydrogen-bond donors (Lipinski definition) is 0. The molecule has 1 aliphatic rings. The predicted octanol–water partition coefficient (Wildman–Crippen LogP) is 3.88. The second kappa shape index (κ2) is 6.75. The number of benzene rings is 3. The van der Waals surface area contributed by atoms with Gasteiger partial charge in [0.2, 0.25) is 0 Å². The minimum atomic E-state index is 0.128. The molecule has 1 heterocycles. The van der Waals surface area contributed by atoms with Gasteiger partial charge in [-0.15, -0.1) is 0 Å². The average molecular weight is 393 g/mol. The third-order valence-corrected chi connectivity index (χ3v) is 6.34. The van der Waals surface area contributed by atoms with Crippen LogP contribution >= 0.6 is 0 Å². The third kappa shape index (κ3) is 3.07. The van der Waals surface area contributed by atoms with E-state index in [0.717, 1.165) is 21.7 Å². The Morgan fingerprint density at radius 1 is 0.880 bits per heavy atom. The van der Waals surface area contributed by atoms with E-state index < -0.39 is 0 Å². The molecule has 4 rings (SSSR count). The van der Waals surface area contributed by atoms with Crippen molar-refractivity contribution in [3.05, 3.63) is 78.4 Å². The molecule has 0 spiro atoms. The van der Waals surface area contributed by atoms with E-state index in [4.69, 9.17) is 9.73 Å². The van der Waals surface area contributed by atoms with Crippen LogP contribution in [0.5, 0.6) is 5.75 Å². The van der Waals surface area contributed by atoms with Crippen molar-refractivity contribution in [1.82, 2.24) is 0 Å². The van der Waals surface area contributed by atoms with Crippen molar-refractivity contribution in [2.75, 3.05) is 19.1 Å². The Labute approximate surface area is 154 Å². The van der Waals surface area contributed by atoms with E-state index >= 15 is 0 Å². The molecule has 0 radical (unpaired) electrons.